The molecule has 0 amide bonds. The molecule has 96 valence electrons. The van der Waals surface area contributed by atoms with Crippen LogP contribution in [-0.4, -0.2) is 16.8 Å². The molecular formula is C15H14FN3. The van der Waals surface area contributed by atoms with Crippen molar-refractivity contribution in [2.24, 2.45) is 0 Å². The SMILES string of the molecule is CNCc1cc(F)cc(-n2ncc3ccccc32)c1. The molecule has 0 radical (unpaired) electrons. The van der Waals surface area contributed by atoms with Crippen molar-refractivity contribution in [1.82, 2.24) is 15.1 Å². The monoisotopic (exact) mass is 255 g/mol. The van der Waals surface area contributed by atoms with Gasteiger partial charge in [0.25, 0.3) is 0 Å². The van der Waals surface area contributed by atoms with Gasteiger partial charge in [-0.3, -0.25) is 0 Å². The normalized spacial score (nSPS) is 11.1. The Morgan fingerprint density at radius 2 is 2.05 bits per heavy atom. The van der Waals surface area contributed by atoms with E-state index < -0.39 is 0 Å². The lowest BCUT2D eigenvalue weighted by Crippen LogP contribution is -2.06. The van der Waals surface area contributed by atoms with Crippen LogP contribution in [0.5, 0.6) is 0 Å². The number of rotatable bonds is 3. The summed E-state index contributed by atoms with van der Waals surface area (Å²) < 4.78 is 15.4. The van der Waals surface area contributed by atoms with Gasteiger partial charge in [-0.15, -0.1) is 0 Å². The third-order valence-corrected chi connectivity index (χ3v) is 3.05. The van der Waals surface area contributed by atoms with Gasteiger partial charge < -0.3 is 5.32 Å². The van der Waals surface area contributed by atoms with Crippen LogP contribution in [0.2, 0.25) is 0 Å². The second kappa shape index (κ2) is 4.82. The highest BCUT2D eigenvalue weighted by atomic mass is 19.1. The minimum atomic E-state index is -0.248. The lowest BCUT2D eigenvalue weighted by Gasteiger charge is -2.07. The van der Waals surface area contributed by atoms with Crippen LogP contribution >= 0.6 is 0 Å². The van der Waals surface area contributed by atoms with Crippen molar-refractivity contribution in [1.29, 1.82) is 0 Å². The molecule has 0 aliphatic rings. The summed E-state index contributed by atoms with van der Waals surface area (Å²) in [7, 11) is 1.84. The fourth-order valence-electron chi connectivity index (χ4n) is 2.24. The van der Waals surface area contributed by atoms with Crippen LogP contribution in [0.15, 0.2) is 48.7 Å². The molecule has 0 atom stereocenters. The molecule has 0 bridgehead atoms. The van der Waals surface area contributed by atoms with Gasteiger partial charge in [0.2, 0.25) is 0 Å². The molecule has 4 heteroatoms. The smallest absolute Gasteiger partial charge is 0.125 e. The molecule has 3 aromatic rings. The highest BCUT2D eigenvalue weighted by Crippen LogP contribution is 2.19. The Morgan fingerprint density at radius 1 is 1.21 bits per heavy atom. The van der Waals surface area contributed by atoms with Gasteiger partial charge in [-0.25, -0.2) is 9.07 Å². The zero-order chi connectivity index (χ0) is 13.2. The number of nitrogens with zero attached hydrogens (tertiary/aromatic N) is 2. The number of hydrogen-bond donors (Lipinski definition) is 1. The van der Waals surface area contributed by atoms with Gasteiger partial charge in [-0.2, -0.15) is 5.10 Å². The van der Waals surface area contributed by atoms with Crippen LogP contribution in [0, 0.1) is 5.82 Å². The van der Waals surface area contributed by atoms with Crippen LogP contribution in [-0.2, 0) is 6.54 Å². The number of para-hydroxylation sites is 1. The summed E-state index contributed by atoms with van der Waals surface area (Å²) in [4.78, 5) is 0. The maximum atomic E-state index is 13.7. The van der Waals surface area contributed by atoms with Gasteiger partial charge >= 0.3 is 0 Å². The van der Waals surface area contributed by atoms with Crippen LogP contribution in [0.4, 0.5) is 4.39 Å². The van der Waals surface area contributed by atoms with Gasteiger partial charge in [0.15, 0.2) is 0 Å². The van der Waals surface area contributed by atoms with Crippen molar-refractivity contribution >= 4 is 10.9 Å². The zero-order valence-corrected chi connectivity index (χ0v) is 10.6. The van der Waals surface area contributed by atoms with Crippen molar-refractivity contribution in [3.63, 3.8) is 0 Å². The average Bonchev–Trinajstić information content (AvgIpc) is 2.82. The van der Waals surface area contributed by atoms with E-state index in [0.29, 0.717) is 6.54 Å². The van der Waals surface area contributed by atoms with Crippen molar-refractivity contribution in [2.75, 3.05) is 7.05 Å². The van der Waals surface area contributed by atoms with Crippen molar-refractivity contribution in [2.45, 2.75) is 6.54 Å². The lowest BCUT2D eigenvalue weighted by molar-refractivity contribution is 0.621. The average molecular weight is 255 g/mol. The summed E-state index contributed by atoms with van der Waals surface area (Å²) in [6.07, 6.45) is 1.79. The third-order valence-electron chi connectivity index (χ3n) is 3.05. The summed E-state index contributed by atoms with van der Waals surface area (Å²) in [5.41, 5.74) is 2.62. The van der Waals surface area contributed by atoms with Crippen LogP contribution < -0.4 is 5.32 Å². The van der Waals surface area contributed by atoms with E-state index in [2.05, 4.69) is 10.4 Å². The summed E-state index contributed by atoms with van der Waals surface area (Å²) >= 11 is 0. The fourth-order valence-corrected chi connectivity index (χ4v) is 2.24. The molecular weight excluding hydrogens is 241 g/mol. The first-order valence-corrected chi connectivity index (χ1v) is 6.15. The Kier molecular flexibility index (Phi) is 3.01. The second-order valence-corrected chi connectivity index (χ2v) is 4.46. The Bertz CT molecular complexity index is 718. The second-order valence-electron chi connectivity index (χ2n) is 4.46. The van der Waals surface area contributed by atoms with E-state index in [1.165, 1.54) is 12.1 Å². The lowest BCUT2D eigenvalue weighted by atomic mass is 10.2. The molecule has 0 unspecified atom stereocenters. The quantitative estimate of drug-likeness (QED) is 0.780. The summed E-state index contributed by atoms with van der Waals surface area (Å²) in [6, 6.07) is 12.9. The Hall–Kier alpha value is -2.20. The standard InChI is InChI=1S/C15H14FN3/c1-17-9-11-6-13(16)8-14(7-11)19-15-5-3-2-4-12(15)10-18-19/h2-8,10,17H,9H2,1H3. The first-order chi connectivity index (χ1) is 9.28. The molecule has 2 aromatic carbocycles. The fraction of sp³-hybridized carbons (Fsp3) is 0.133. The number of nitrogens with one attached hydrogen (secondary N) is 1. The van der Waals surface area contributed by atoms with Gasteiger partial charge in [0.05, 0.1) is 17.4 Å². The highest BCUT2D eigenvalue weighted by molar-refractivity contribution is 5.80. The molecule has 19 heavy (non-hydrogen) atoms. The molecule has 3 rings (SSSR count). The maximum absolute atomic E-state index is 13.7. The molecule has 0 fully saturated rings. The van der Waals surface area contributed by atoms with Crippen LogP contribution in [0.3, 0.4) is 0 Å². The van der Waals surface area contributed by atoms with Crippen LogP contribution in [0.1, 0.15) is 5.56 Å². The molecule has 1 heterocycles. The first-order valence-electron chi connectivity index (χ1n) is 6.15. The topological polar surface area (TPSA) is 29.9 Å². The Labute approximate surface area is 110 Å². The molecule has 1 N–H and O–H groups in total. The van der Waals surface area contributed by atoms with Gasteiger partial charge in [0.1, 0.15) is 5.82 Å². The molecule has 0 spiro atoms. The Morgan fingerprint density at radius 3 is 2.89 bits per heavy atom. The van der Waals surface area contributed by atoms with Crippen molar-refractivity contribution < 1.29 is 4.39 Å². The van der Waals surface area contributed by atoms with E-state index in [4.69, 9.17) is 0 Å². The van der Waals surface area contributed by atoms with Crippen molar-refractivity contribution in [3.8, 4) is 5.69 Å². The molecule has 0 aliphatic heterocycles. The largest absolute Gasteiger partial charge is 0.316 e. The molecule has 3 nitrogen and oxygen atoms in total. The van der Waals surface area contributed by atoms with E-state index in [0.717, 1.165) is 22.2 Å². The first kappa shape index (κ1) is 11.9. The van der Waals surface area contributed by atoms with Crippen LogP contribution in [0.25, 0.3) is 16.6 Å². The minimum Gasteiger partial charge on any atom is -0.316 e. The van der Waals surface area contributed by atoms with E-state index in [-0.39, 0.29) is 5.82 Å². The number of fused-ring (bicyclic) bond motifs is 1. The highest BCUT2D eigenvalue weighted by Gasteiger charge is 2.07. The molecule has 0 saturated carbocycles. The van der Waals surface area contributed by atoms with E-state index in [9.17, 15) is 4.39 Å². The van der Waals surface area contributed by atoms with Gasteiger partial charge in [-0.1, -0.05) is 18.2 Å². The molecule has 1 aromatic heterocycles. The van der Waals surface area contributed by atoms with Crippen molar-refractivity contribution in [3.05, 3.63) is 60.0 Å². The number of halogens is 1. The molecule has 0 saturated heterocycles. The third kappa shape index (κ3) is 2.22. The Balaban J connectivity index is 2.15. The van der Waals surface area contributed by atoms with E-state index in [1.54, 1.807) is 10.9 Å². The van der Waals surface area contributed by atoms with E-state index in [1.807, 2.05) is 37.4 Å². The summed E-state index contributed by atoms with van der Waals surface area (Å²) in [5.74, 6) is -0.248. The minimum absolute atomic E-state index is 0.248. The maximum Gasteiger partial charge on any atom is 0.125 e. The summed E-state index contributed by atoms with van der Waals surface area (Å²) in [5, 5.41) is 8.41. The van der Waals surface area contributed by atoms with Gasteiger partial charge in [-0.05, 0) is 36.9 Å². The van der Waals surface area contributed by atoms with Gasteiger partial charge in [0, 0.05) is 11.9 Å². The molecule has 0 aliphatic carbocycles. The number of aromatic nitrogens is 2. The summed E-state index contributed by atoms with van der Waals surface area (Å²) in [6.45, 7) is 0.629. The predicted molar refractivity (Wildman–Crippen MR) is 73.8 cm³/mol. The predicted octanol–water partition coefficient (Wildman–Crippen LogP) is 2.88. The van der Waals surface area contributed by atoms with E-state index >= 15 is 0 Å². The zero-order valence-electron chi connectivity index (χ0n) is 10.6. The number of benzene rings is 2. The number of hydrogen-bond acceptors (Lipinski definition) is 2.